The molecule has 0 spiro atoms. The normalized spacial score (nSPS) is 17.5. The van der Waals surface area contributed by atoms with E-state index in [0.717, 1.165) is 38.9 Å². The molecular formula is C20H25N3O. The summed E-state index contributed by atoms with van der Waals surface area (Å²) in [5, 5.41) is 19.6. The second-order valence-electron chi connectivity index (χ2n) is 6.83. The van der Waals surface area contributed by atoms with Crippen molar-refractivity contribution in [2.45, 2.75) is 31.9 Å². The molecule has 1 aliphatic heterocycles. The lowest BCUT2D eigenvalue weighted by Gasteiger charge is -2.34. The number of piperidine rings is 1. The summed E-state index contributed by atoms with van der Waals surface area (Å²) in [7, 11) is 1.91. The summed E-state index contributed by atoms with van der Waals surface area (Å²) < 4.78 is 1.88. The fraction of sp³-hybridized carbons (Fsp3) is 0.450. The van der Waals surface area contributed by atoms with Crippen LogP contribution in [0.1, 0.15) is 29.7 Å². The van der Waals surface area contributed by atoms with Crippen LogP contribution in [0.3, 0.4) is 0 Å². The van der Waals surface area contributed by atoms with E-state index in [1.807, 2.05) is 42.1 Å². The van der Waals surface area contributed by atoms with E-state index < -0.39 is 0 Å². The highest BCUT2D eigenvalue weighted by Crippen LogP contribution is 2.24. The molecule has 1 unspecified atom stereocenters. The average molecular weight is 323 g/mol. The monoisotopic (exact) mass is 323 g/mol. The molecule has 4 heteroatoms. The molecule has 1 saturated heterocycles. The van der Waals surface area contributed by atoms with Crippen molar-refractivity contribution in [3.8, 4) is 6.07 Å². The SMILES string of the molecule is Cn1cc(CN2CCC(C(O)Cc3ccccc3)CC2)cc1C#N. The van der Waals surface area contributed by atoms with Gasteiger partial charge in [-0.05, 0) is 55.5 Å². The molecule has 0 bridgehead atoms. The first kappa shape index (κ1) is 16.8. The van der Waals surface area contributed by atoms with Gasteiger partial charge in [0.15, 0.2) is 0 Å². The van der Waals surface area contributed by atoms with E-state index in [-0.39, 0.29) is 6.10 Å². The number of aliphatic hydroxyl groups excluding tert-OH is 1. The molecule has 1 aromatic carbocycles. The summed E-state index contributed by atoms with van der Waals surface area (Å²) in [6.45, 7) is 2.90. The van der Waals surface area contributed by atoms with E-state index in [1.54, 1.807) is 0 Å². The van der Waals surface area contributed by atoms with E-state index in [9.17, 15) is 5.11 Å². The number of nitrogens with zero attached hydrogens (tertiary/aromatic N) is 3. The zero-order chi connectivity index (χ0) is 16.9. The van der Waals surface area contributed by atoms with E-state index in [0.29, 0.717) is 11.6 Å². The van der Waals surface area contributed by atoms with Gasteiger partial charge in [0.05, 0.1) is 6.10 Å². The summed E-state index contributed by atoms with van der Waals surface area (Å²) in [4.78, 5) is 2.42. The van der Waals surface area contributed by atoms with Crippen LogP contribution in [0, 0.1) is 17.2 Å². The minimum absolute atomic E-state index is 0.253. The highest BCUT2D eigenvalue weighted by molar-refractivity contribution is 5.28. The quantitative estimate of drug-likeness (QED) is 0.920. The van der Waals surface area contributed by atoms with Crippen LogP contribution >= 0.6 is 0 Å². The van der Waals surface area contributed by atoms with Crippen LogP contribution in [-0.4, -0.2) is 33.8 Å². The van der Waals surface area contributed by atoms with Crippen LogP contribution in [0.5, 0.6) is 0 Å². The molecule has 1 N–H and O–H groups in total. The maximum atomic E-state index is 10.5. The Morgan fingerprint density at radius 2 is 1.92 bits per heavy atom. The molecule has 0 aliphatic carbocycles. The summed E-state index contributed by atoms with van der Waals surface area (Å²) in [6.07, 6.45) is 4.60. The second-order valence-corrected chi connectivity index (χ2v) is 6.83. The molecule has 0 radical (unpaired) electrons. The summed E-state index contributed by atoms with van der Waals surface area (Å²) in [5.74, 6) is 0.381. The van der Waals surface area contributed by atoms with Crippen LogP contribution in [0.25, 0.3) is 0 Å². The largest absolute Gasteiger partial charge is 0.392 e. The molecule has 2 aromatic rings. The number of aryl methyl sites for hydroxylation is 1. The number of benzene rings is 1. The van der Waals surface area contributed by atoms with Crippen molar-refractivity contribution in [2.75, 3.05) is 13.1 Å². The third-order valence-electron chi connectivity index (χ3n) is 5.05. The molecule has 2 heterocycles. The zero-order valence-corrected chi connectivity index (χ0v) is 14.2. The van der Waals surface area contributed by atoms with Crippen molar-refractivity contribution in [3.05, 3.63) is 59.4 Å². The van der Waals surface area contributed by atoms with Crippen LogP contribution in [0.2, 0.25) is 0 Å². The van der Waals surface area contributed by atoms with Crippen molar-refractivity contribution in [2.24, 2.45) is 13.0 Å². The van der Waals surface area contributed by atoms with Gasteiger partial charge in [-0.25, -0.2) is 0 Å². The van der Waals surface area contributed by atoms with Gasteiger partial charge in [0, 0.05) is 19.8 Å². The Morgan fingerprint density at radius 3 is 2.54 bits per heavy atom. The van der Waals surface area contributed by atoms with Crippen LogP contribution in [0.4, 0.5) is 0 Å². The molecule has 1 fully saturated rings. The number of aromatic nitrogens is 1. The number of aliphatic hydroxyl groups is 1. The zero-order valence-electron chi connectivity index (χ0n) is 14.2. The third kappa shape index (κ3) is 4.05. The molecule has 0 saturated carbocycles. The molecule has 126 valence electrons. The maximum Gasteiger partial charge on any atom is 0.120 e. The minimum atomic E-state index is -0.253. The lowest BCUT2D eigenvalue weighted by atomic mass is 9.88. The first-order valence-electron chi connectivity index (χ1n) is 8.65. The van der Waals surface area contributed by atoms with Gasteiger partial charge in [0.1, 0.15) is 11.8 Å². The number of likely N-dealkylation sites (tertiary alicyclic amines) is 1. The fourth-order valence-electron chi connectivity index (χ4n) is 3.61. The van der Waals surface area contributed by atoms with E-state index >= 15 is 0 Å². The smallest absolute Gasteiger partial charge is 0.120 e. The Morgan fingerprint density at radius 1 is 1.21 bits per heavy atom. The van der Waals surface area contributed by atoms with Crippen LogP contribution < -0.4 is 0 Å². The first-order chi connectivity index (χ1) is 11.7. The fourth-order valence-corrected chi connectivity index (χ4v) is 3.61. The summed E-state index contributed by atoms with van der Waals surface area (Å²) in [6, 6.07) is 14.4. The van der Waals surface area contributed by atoms with Gasteiger partial charge in [0.2, 0.25) is 0 Å². The number of nitriles is 1. The standard InChI is InChI=1S/C20H25N3O/c1-22-14-17(11-19(22)13-21)15-23-9-7-18(8-10-23)20(24)12-16-5-3-2-4-6-16/h2-6,11,14,18,20,24H,7-10,12,15H2,1H3. The maximum absolute atomic E-state index is 10.5. The van der Waals surface area contributed by atoms with Crippen molar-refractivity contribution >= 4 is 0 Å². The van der Waals surface area contributed by atoms with E-state index in [1.165, 1.54) is 11.1 Å². The van der Waals surface area contributed by atoms with Crippen molar-refractivity contribution in [3.63, 3.8) is 0 Å². The molecule has 0 amide bonds. The predicted molar refractivity (Wildman–Crippen MR) is 94.3 cm³/mol. The lowest BCUT2D eigenvalue weighted by molar-refractivity contribution is 0.0576. The van der Waals surface area contributed by atoms with Gasteiger partial charge >= 0.3 is 0 Å². The van der Waals surface area contributed by atoms with Crippen LogP contribution in [-0.2, 0) is 20.0 Å². The number of rotatable bonds is 5. The molecule has 1 atom stereocenters. The molecule has 4 nitrogen and oxygen atoms in total. The highest BCUT2D eigenvalue weighted by Gasteiger charge is 2.25. The third-order valence-corrected chi connectivity index (χ3v) is 5.05. The van der Waals surface area contributed by atoms with Gasteiger partial charge in [-0.15, -0.1) is 0 Å². The second kappa shape index (κ2) is 7.65. The number of hydrogen-bond acceptors (Lipinski definition) is 3. The van der Waals surface area contributed by atoms with Gasteiger partial charge in [-0.2, -0.15) is 5.26 Å². The minimum Gasteiger partial charge on any atom is -0.392 e. The Kier molecular flexibility index (Phi) is 5.34. The van der Waals surface area contributed by atoms with Crippen molar-refractivity contribution in [1.82, 2.24) is 9.47 Å². The van der Waals surface area contributed by atoms with E-state index in [4.69, 9.17) is 5.26 Å². The molecular weight excluding hydrogens is 298 g/mol. The van der Waals surface area contributed by atoms with Gasteiger partial charge in [0.25, 0.3) is 0 Å². The number of hydrogen-bond donors (Lipinski definition) is 1. The van der Waals surface area contributed by atoms with E-state index in [2.05, 4.69) is 23.1 Å². The Balaban J connectivity index is 1.49. The average Bonchev–Trinajstić information content (AvgIpc) is 2.96. The predicted octanol–water partition coefficient (Wildman–Crippen LogP) is 2.71. The summed E-state index contributed by atoms with van der Waals surface area (Å²) in [5.41, 5.74) is 3.11. The first-order valence-corrected chi connectivity index (χ1v) is 8.65. The Hall–Kier alpha value is -2.09. The van der Waals surface area contributed by atoms with Crippen LogP contribution in [0.15, 0.2) is 42.6 Å². The highest BCUT2D eigenvalue weighted by atomic mass is 16.3. The Labute approximate surface area is 143 Å². The van der Waals surface area contributed by atoms with Gasteiger partial charge in [-0.3, -0.25) is 4.90 Å². The van der Waals surface area contributed by atoms with Crippen molar-refractivity contribution < 1.29 is 5.11 Å². The van der Waals surface area contributed by atoms with Gasteiger partial charge in [-0.1, -0.05) is 30.3 Å². The Bertz CT molecular complexity index is 693. The topological polar surface area (TPSA) is 52.2 Å². The molecule has 3 rings (SSSR count). The lowest BCUT2D eigenvalue weighted by Crippen LogP contribution is -2.38. The molecule has 24 heavy (non-hydrogen) atoms. The summed E-state index contributed by atoms with van der Waals surface area (Å²) >= 11 is 0. The molecule has 1 aromatic heterocycles. The van der Waals surface area contributed by atoms with Crippen molar-refractivity contribution in [1.29, 1.82) is 5.26 Å². The molecule has 1 aliphatic rings. The van der Waals surface area contributed by atoms with Gasteiger partial charge < -0.3 is 9.67 Å².